The predicted octanol–water partition coefficient (Wildman–Crippen LogP) is 8.36. The van der Waals surface area contributed by atoms with Gasteiger partial charge in [0.25, 0.3) is 0 Å². The first-order valence-electron chi connectivity index (χ1n) is 14.3. The van der Waals surface area contributed by atoms with Gasteiger partial charge in [0.2, 0.25) is 0 Å². The monoisotopic (exact) mass is 580 g/mol. The number of rotatable bonds is 11. The quantitative estimate of drug-likeness (QED) is 0.151. The Morgan fingerprint density at radius 2 is 0.571 bits per heavy atom. The molecule has 4 heteroatoms. The van der Waals surface area contributed by atoms with E-state index in [0.717, 1.165) is 23.9 Å². The Labute approximate surface area is 252 Å². The first-order valence-corrected chi connectivity index (χ1v) is 17.3. The molecule has 0 bridgehead atoms. The van der Waals surface area contributed by atoms with Crippen molar-refractivity contribution in [2.75, 3.05) is 23.2 Å². The van der Waals surface area contributed by atoms with E-state index in [9.17, 15) is 0 Å². The van der Waals surface area contributed by atoms with Crippen molar-refractivity contribution in [3.8, 4) is 11.1 Å². The van der Waals surface area contributed by atoms with Gasteiger partial charge in [0.15, 0.2) is 0 Å². The van der Waals surface area contributed by atoms with Gasteiger partial charge < -0.3 is 10.6 Å². The van der Waals surface area contributed by atoms with Gasteiger partial charge in [0.05, 0.1) is 0 Å². The molecule has 0 saturated carbocycles. The van der Waals surface area contributed by atoms with Gasteiger partial charge in [-0.3, -0.25) is 0 Å². The summed E-state index contributed by atoms with van der Waals surface area (Å²) in [5.41, 5.74) is 4.72. The smallest absolute Gasteiger partial charge is 0.0430 e. The fraction of sp³-hybridized carbons (Fsp3) is 0.0526. The highest BCUT2D eigenvalue weighted by atomic mass is 31.1. The number of nitrogens with one attached hydrogen (secondary N) is 2. The summed E-state index contributed by atoms with van der Waals surface area (Å²) in [5, 5.41) is 13.2. The van der Waals surface area contributed by atoms with Crippen LogP contribution in [0.15, 0.2) is 170 Å². The molecule has 0 aliphatic heterocycles. The van der Waals surface area contributed by atoms with Crippen LogP contribution in [-0.4, -0.2) is 12.6 Å². The number of anilines is 2. The molecular formula is C38H34N2P2. The van der Waals surface area contributed by atoms with Crippen molar-refractivity contribution < 1.29 is 0 Å². The molecule has 0 atom stereocenters. The maximum atomic E-state index is 3.86. The summed E-state index contributed by atoms with van der Waals surface area (Å²) < 4.78 is 0. The Hall–Kier alpha value is -4.22. The zero-order valence-corrected chi connectivity index (χ0v) is 25.3. The molecule has 2 N–H and O–H groups in total. The fourth-order valence-corrected chi connectivity index (χ4v) is 9.28. The van der Waals surface area contributed by atoms with E-state index in [1.54, 1.807) is 0 Å². The van der Waals surface area contributed by atoms with Crippen LogP contribution < -0.4 is 31.9 Å². The second kappa shape index (κ2) is 14.1. The van der Waals surface area contributed by atoms with Crippen LogP contribution in [0.4, 0.5) is 11.4 Å². The Morgan fingerprint density at radius 3 is 0.881 bits per heavy atom. The summed E-state index contributed by atoms with van der Waals surface area (Å²) in [5.74, 6) is 0. The maximum Gasteiger partial charge on any atom is 0.0430 e. The largest absolute Gasteiger partial charge is 0.380 e. The third-order valence-electron chi connectivity index (χ3n) is 7.27. The van der Waals surface area contributed by atoms with Gasteiger partial charge in [-0.05, 0) is 49.2 Å². The summed E-state index contributed by atoms with van der Waals surface area (Å²) in [4.78, 5) is 0. The predicted molar refractivity (Wildman–Crippen MR) is 187 cm³/mol. The molecule has 6 aromatic carbocycles. The molecule has 42 heavy (non-hydrogen) atoms. The van der Waals surface area contributed by atoms with Crippen LogP contribution in [0.2, 0.25) is 0 Å². The van der Waals surface area contributed by atoms with Crippen LogP contribution in [0.3, 0.4) is 0 Å². The third kappa shape index (κ3) is 6.80. The van der Waals surface area contributed by atoms with E-state index < -0.39 is 15.8 Å². The van der Waals surface area contributed by atoms with Crippen molar-refractivity contribution in [2.45, 2.75) is 0 Å². The molecule has 0 saturated heterocycles. The molecule has 0 aliphatic rings. The first kappa shape index (κ1) is 27.9. The second-order valence-corrected chi connectivity index (χ2v) is 14.4. The summed E-state index contributed by atoms with van der Waals surface area (Å²) in [6.07, 6.45) is 1.73. The van der Waals surface area contributed by atoms with Crippen LogP contribution in [0.1, 0.15) is 0 Å². The minimum Gasteiger partial charge on any atom is -0.380 e. The van der Waals surface area contributed by atoms with E-state index >= 15 is 0 Å². The highest BCUT2D eigenvalue weighted by Crippen LogP contribution is 2.39. The van der Waals surface area contributed by atoms with Crippen LogP contribution in [0, 0.1) is 0 Å². The van der Waals surface area contributed by atoms with Crippen LogP contribution in [0.25, 0.3) is 11.1 Å². The van der Waals surface area contributed by atoms with Gasteiger partial charge in [-0.2, -0.15) is 0 Å². The summed E-state index contributed by atoms with van der Waals surface area (Å²) >= 11 is 0. The Morgan fingerprint density at radius 1 is 0.310 bits per heavy atom. The minimum atomic E-state index is -0.555. The highest BCUT2D eigenvalue weighted by Gasteiger charge is 2.17. The zero-order valence-electron chi connectivity index (χ0n) is 23.5. The van der Waals surface area contributed by atoms with Gasteiger partial charge in [-0.1, -0.05) is 158 Å². The second-order valence-electron chi connectivity index (χ2n) is 9.96. The average Bonchev–Trinajstić information content (AvgIpc) is 3.07. The number of hydrogen-bond donors (Lipinski definition) is 2. The molecule has 0 amide bonds. The van der Waals surface area contributed by atoms with Crippen molar-refractivity contribution in [2.24, 2.45) is 0 Å². The van der Waals surface area contributed by atoms with E-state index in [1.165, 1.54) is 32.3 Å². The van der Waals surface area contributed by atoms with Crippen molar-refractivity contribution in [1.29, 1.82) is 0 Å². The highest BCUT2D eigenvalue weighted by molar-refractivity contribution is 7.73. The molecule has 206 valence electrons. The van der Waals surface area contributed by atoms with Crippen LogP contribution in [0.5, 0.6) is 0 Å². The molecule has 0 heterocycles. The lowest BCUT2D eigenvalue weighted by Gasteiger charge is -2.23. The lowest BCUT2D eigenvalue weighted by molar-refractivity contribution is 1.42. The topological polar surface area (TPSA) is 24.1 Å². The standard InChI is InChI=1S/C38H34N2P2/c1-5-17-31(18-6-1)41(32-19-7-2-8-20-32)29-39-37-27-15-13-25-35(37)36-26-14-16-28-38(36)40-30-42(33-21-9-3-10-22-33)34-23-11-4-12-24-34/h1-28,39-40H,29-30H2. The van der Waals surface area contributed by atoms with E-state index in [4.69, 9.17) is 0 Å². The molecular weight excluding hydrogens is 546 g/mol. The number of benzene rings is 6. The van der Waals surface area contributed by atoms with Crippen molar-refractivity contribution in [1.82, 2.24) is 0 Å². The summed E-state index contributed by atoms with van der Waals surface area (Å²) in [6, 6.07) is 60.9. The van der Waals surface area contributed by atoms with Gasteiger partial charge in [-0.25, -0.2) is 0 Å². The average molecular weight is 581 g/mol. The Kier molecular flexibility index (Phi) is 9.38. The van der Waals surface area contributed by atoms with Crippen LogP contribution in [-0.2, 0) is 0 Å². The van der Waals surface area contributed by atoms with Gasteiger partial charge >= 0.3 is 0 Å². The molecule has 0 unspecified atom stereocenters. The molecule has 0 aromatic heterocycles. The van der Waals surface area contributed by atoms with Gasteiger partial charge in [-0.15, -0.1) is 0 Å². The van der Waals surface area contributed by atoms with Gasteiger partial charge in [0.1, 0.15) is 0 Å². The molecule has 6 aromatic rings. The van der Waals surface area contributed by atoms with Crippen molar-refractivity contribution >= 4 is 48.4 Å². The Bertz CT molecular complexity index is 1470. The molecule has 6 rings (SSSR count). The minimum absolute atomic E-state index is 0.555. The lowest BCUT2D eigenvalue weighted by Crippen LogP contribution is -2.18. The van der Waals surface area contributed by atoms with E-state index in [-0.39, 0.29) is 0 Å². The summed E-state index contributed by atoms with van der Waals surface area (Å²) in [7, 11) is -1.11. The Balaban J connectivity index is 1.27. The molecule has 0 radical (unpaired) electrons. The third-order valence-corrected chi connectivity index (χ3v) is 11.9. The maximum absolute atomic E-state index is 3.86. The number of para-hydroxylation sites is 2. The fourth-order valence-electron chi connectivity index (χ4n) is 5.17. The van der Waals surface area contributed by atoms with E-state index in [1.807, 2.05) is 0 Å². The normalized spacial score (nSPS) is 11.0. The van der Waals surface area contributed by atoms with Crippen molar-refractivity contribution in [3.63, 3.8) is 0 Å². The molecule has 0 fully saturated rings. The van der Waals surface area contributed by atoms with Gasteiger partial charge in [0, 0.05) is 35.1 Å². The summed E-state index contributed by atoms with van der Waals surface area (Å²) in [6.45, 7) is 0. The van der Waals surface area contributed by atoms with E-state index in [2.05, 4.69) is 180 Å². The van der Waals surface area contributed by atoms with Crippen LogP contribution >= 0.6 is 15.8 Å². The zero-order chi connectivity index (χ0) is 28.4. The first-order chi connectivity index (χ1) is 20.9. The molecule has 2 nitrogen and oxygen atoms in total. The molecule has 0 spiro atoms. The SMILES string of the molecule is c1ccc(P(CNc2ccccc2-c2ccccc2NCP(c2ccccc2)c2ccccc2)c2ccccc2)cc1. The lowest BCUT2D eigenvalue weighted by atomic mass is 10.0. The van der Waals surface area contributed by atoms with Crippen molar-refractivity contribution in [3.05, 3.63) is 170 Å². The number of hydrogen-bond acceptors (Lipinski definition) is 2. The van der Waals surface area contributed by atoms with E-state index in [0.29, 0.717) is 0 Å². The molecule has 0 aliphatic carbocycles.